The Morgan fingerprint density at radius 1 is 1.03 bits per heavy atom. The standard InChI is InChI=1S/C22H13Br2N3O6S2/c23-14-4-7-16(8-5-14)25-22-26-21(28)20(34-22)11-13-10-15(24)6-9-19(13)33-35(31,32)18-3-1-2-17(12-18)27(29)30/h1-12H,(H,25,26,28)/b20-11-. The molecule has 1 aliphatic rings. The lowest BCUT2D eigenvalue weighted by atomic mass is 10.2. The molecule has 9 nitrogen and oxygen atoms in total. The van der Waals surface area contributed by atoms with Gasteiger partial charge in [0.05, 0.1) is 15.5 Å². The Morgan fingerprint density at radius 2 is 1.74 bits per heavy atom. The van der Waals surface area contributed by atoms with Crippen LogP contribution in [0, 0.1) is 10.1 Å². The van der Waals surface area contributed by atoms with Crippen molar-refractivity contribution in [2.75, 3.05) is 0 Å². The highest BCUT2D eigenvalue weighted by atomic mass is 79.9. The predicted molar refractivity (Wildman–Crippen MR) is 140 cm³/mol. The van der Waals surface area contributed by atoms with Crippen LogP contribution in [0.15, 0.2) is 90.5 Å². The largest absolute Gasteiger partial charge is 0.378 e. The van der Waals surface area contributed by atoms with Gasteiger partial charge in [-0.3, -0.25) is 14.9 Å². The first-order valence-electron chi connectivity index (χ1n) is 9.64. The number of nitrogens with zero attached hydrogens (tertiary/aromatic N) is 2. The first-order valence-corrected chi connectivity index (χ1v) is 13.5. The van der Waals surface area contributed by atoms with E-state index in [1.54, 1.807) is 24.3 Å². The monoisotopic (exact) mass is 637 g/mol. The minimum atomic E-state index is -4.39. The van der Waals surface area contributed by atoms with Gasteiger partial charge in [0, 0.05) is 26.6 Å². The zero-order valence-electron chi connectivity index (χ0n) is 17.3. The van der Waals surface area contributed by atoms with E-state index in [0.29, 0.717) is 20.9 Å². The van der Waals surface area contributed by atoms with Crippen LogP contribution in [0.5, 0.6) is 5.75 Å². The highest BCUT2D eigenvalue weighted by Gasteiger charge is 2.26. The second-order valence-electron chi connectivity index (χ2n) is 6.93. The molecule has 3 aromatic rings. The quantitative estimate of drug-likeness (QED) is 0.157. The third-order valence-corrected chi connectivity index (χ3v) is 7.65. The summed E-state index contributed by atoms with van der Waals surface area (Å²) in [6.45, 7) is 0. The number of hydrogen-bond acceptors (Lipinski definition) is 8. The zero-order chi connectivity index (χ0) is 25.2. The molecule has 1 N–H and O–H groups in total. The number of thioether (sulfide) groups is 1. The fourth-order valence-corrected chi connectivity index (χ4v) is 5.35. The first-order chi connectivity index (χ1) is 16.6. The summed E-state index contributed by atoms with van der Waals surface area (Å²) in [4.78, 5) is 27.1. The molecular formula is C22H13Br2N3O6S2. The van der Waals surface area contributed by atoms with Crippen LogP contribution in [0.1, 0.15) is 5.56 Å². The van der Waals surface area contributed by atoms with Crippen LogP contribution in [0.2, 0.25) is 0 Å². The number of halogens is 2. The van der Waals surface area contributed by atoms with Crippen LogP contribution in [-0.4, -0.2) is 24.4 Å². The number of amidine groups is 1. The van der Waals surface area contributed by atoms with E-state index in [2.05, 4.69) is 42.2 Å². The lowest BCUT2D eigenvalue weighted by Crippen LogP contribution is -2.19. The molecule has 1 saturated heterocycles. The van der Waals surface area contributed by atoms with Gasteiger partial charge < -0.3 is 9.50 Å². The van der Waals surface area contributed by atoms with Crippen LogP contribution >= 0.6 is 43.6 Å². The average Bonchev–Trinajstić information content (AvgIpc) is 3.15. The van der Waals surface area contributed by atoms with Crippen molar-refractivity contribution in [3.05, 3.63) is 96.3 Å². The van der Waals surface area contributed by atoms with E-state index in [9.17, 15) is 23.3 Å². The number of nitro groups is 1. The Bertz CT molecular complexity index is 1510. The number of rotatable bonds is 6. The Hall–Kier alpha value is -3.00. The Kier molecular flexibility index (Phi) is 7.40. The normalized spacial score (nSPS) is 15.9. The lowest BCUT2D eigenvalue weighted by molar-refractivity contribution is -0.385. The maximum atomic E-state index is 12.8. The minimum absolute atomic E-state index is 0.0566. The fourth-order valence-electron chi connectivity index (χ4n) is 2.88. The molecule has 0 atom stereocenters. The van der Waals surface area contributed by atoms with E-state index in [1.807, 2.05) is 12.1 Å². The van der Waals surface area contributed by atoms with E-state index in [0.717, 1.165) is 22.3 Å². The molecule has 1 amide bonds. The molecule has 0 bridgehead atoms. The van der Waals surface area contributed by atoms with Gasteiger partial charge in [-0.1, -0.05) is 37.9 Å². The molecule has 0 aliphatic carbocycles. The number of amides is 1. The molecule has 4 rings (SSSR count). The molecule has 13 heteroatoms. The van der Waals surface area contributed by atoms with E-state index >= 15 is 0 Å². The summed E-state index contributed by atoms with van der Waals surface area (Å²) >= 11 is 7.77. The van der Waals surface area contributed by atoms with E-state index in [-0.39, 0.29) is 21.2 Å². The Morgan fingerprint density at radius 3 is 2.46 bits per heavy atom. The summed E-state index contributed by atoms with van der Waals surface area (Å²) in [7, 11) is -4.39. The number of nitrogens with one attached hydrogen (secondary N) is 1. The molecule has 0 saturated carbocycles. The van der Waals surface area contributed by atoms with E-state index < -0.39 is 20.9 Å². The molecule has 1 fully saturated rings. The SMILES string of the molecule is O=C1NC(=Nc2ccc(Br)cc2)S/C1=C\c1cc(Br)ccc1OS(=O)(=O)c1cccc([N+](=O)[O-])c1. The van der Waals surface area contributed by atoms with Crippen molar-refractivity contribution in [1.82, 2.24) is 5.32 Å². The van der Waals surface area contributed by atoms with Crippen molar-refractivity contribution in [3.63, 3.8) is 0 Å². The van der Waals surface area contributed by atoms with Crippen molar-refractivity contribution in [2.24, 2.45) is 4.99 Å². The Balaban J connectivity index is 1.64. The second kappa shape index (κ2) is 10.3. The minimum Gasteiger partial charge on any atom is -0.378 e. The van der Waals surface area contributed by atoms with Crippen molar-refractivity contribution < 1.29 is 22.3 Å². The topological polar surface area (TPSA) is 128 Å². The summed E-state index contributed by atoms with van der Waals surface area (Å²) in [5.41, 5.74) is 0.562. The molecule has 0 spiro atoms. The second-order valence-corrected chi connectivity index (χ2v) is 11.3. The predicted octanol–water partition coefficient (Wildman–Crippen LogP) is 5.78. The molecule has 1 aliphatic heterocycles. The van der Waals surface area contributed by atoms with Crippen molar-refractivity contribution in [1.29, 1.82) is 0 Å². The highest BCUT2D eigenvalue weighted by molar-refractivity contribution is 9.10. The van der Waals surface area contributed by atoms with Gasteiger partial charge in [-0.05, 0) is 66.4 Å². The van der Waals surface area contributed by atoms with Gasteiger partial charge in [0.2, 0.25) is 0 Å². The summed E-state index contributed by atoms with van der Waals surface area (Å²) in [5.74, 6) is -0.461. The van der Waals surface area contributed by atoms with Gasteiger partial charge in [-0.2, -0.15) is 8.42 Å². The van der Waals surface area contributed by atoms with Crippen LogP contribution < -0.4 is 9.50 Å². The first kappa shape index (κ1) is 25.1. The number of benzene rings is 3. The average molecular weight is 639 g/mol. The number of carbonyl (C=O) groups is 1. The Labute approximate surface area is 220 Å². The number of hydrogen-bond donors (Lipinski definition) is 1. The molecule has 1 heterocycles. The van der Waals surface area contributed by atoms with E-state index in [1.165, 1.54) is 30.3 Å². The van der Waals surface area contributed by atoms with Gasteiger partial charge >= 0.3 is 10.1 Å². The molecule has 178 valence electrons. The number of nitro benzene ring substituents is 1. The van der Waals surface area contributed by atoms with Crippen LogP contribution in [-0.2, 0) is 14.9 Å². The number of non-ortho nitro benzene ring substituents is 1. The number of aliphatic imine (C=N–C) groups is 1. The molecule has 35 heavy (non-hydrogen) atoms. The third kappa shape index (κ3) is 6.17. The van der Waals surface area contributed by atoms with E-state index in [4.69, 9.17) is 4.18 Å². The summed E-state index contributed by atoms with van der Waals surface area (Å²) in [6, 6.07) is 16.3. The molecule has 0 radical (unpaired) electrons. The zero-order valence-corrected chi connectivity index (χ0v) is 22.1. The van der Waals surface area contributed by atoms with Gasteiger partial charge in [-0.25, -0.2) is 4.99 Å². The molecule has 0 unspecified atom stereocenters. The maximum absolute atomic E-state index is 12.8. The summed E-state index contributed by atoms with van der Waals surface area (Å²) in [5, 5.41) is 14.1. The highest BCUT2D eigenvalue weighted by Crippen LogP contribution is 2.33. The van der Waals surface area contributed by atoms with Gasteiger partial charge in [-0.15, -0.1) is 0 Å². The smallest absolute Gasteiger partial charge is 0.339 e. The van der Waals surface area contributed by atoms with Crippen molar-refractivity contribution >= 4 is 82.3 Å². The van der Waals surface area contributed by atoms with Crippen molar-refractivity contribution in [3.8, 4) is 5.75 Å². The van der Waals surface area contributed by atoms with Gasteiger partial charge in [0.1, 0.15) is 10.6 Å². The molecule has 0 aromatic heterocycles. The third-order valence-electron chi connectivity index (χ3n) is 4.48. The van der Waals surface area contributed by atoms with Crippen LogP contribution in [0.3, 0.4) is 0 Å². The maximum Gasteiger partial charge on any atom is 0.339 e. The lowest BCUT2D eigenvalue weighted by Gasteiger charge is -2.10. The molecular weight excluding hydrogens is 626 g/mol. The van der Waals surface area contributed by atoms with Gasteiger partial charge in [0.15, 0.2) is 5.17 Å². The van der Waals surface area contributed by atoms with Gasteiger partial charge in [0.25, 0.3) is 11.6 Å². The summed E-state index contributed by atoms with van der Waals surface area (Å²) in [6.07, 6.45) is 1.48. The van der Waals surface area contributed by atoms with Crippen LogP contribution in [0.25, 0.3) is 6.08 Å². The number of carbonyl (C=O) groups excluding carboxylic acids is 1. The van der Waals surface area contributed by atoms with Crippen LogP contribution in [0.4, 0.5) is 11.4 Å². The van der Waals surface area contributed by atoms with Crippen molar-refractivity contribution in [2.45, 2.75) is 4.90 Å². The summed E-state index contributed by atoms with van der Waals surface area (Å²) < 4.78 is 32.4. The fraction of sp³-hybridized carbons (Fsp3) is 0. The molecule has 3 aromatic carbocycles.